The van der Waals surface area contributed by atoms with E-state index in [-0.39, 0.29) is 18.3 Å². The Morgan fingerprint density at radius 2 is 1.65 bits per heavy atom. The van der Waals surface area contributed by atoms with Gasteiger partial charge in [-0.05, 0) is 68.1 Å². The zero-order valence-electron chi connectivity index (χ0n) is 17.6. The first-order valence-corrected chi connectivity index (χ1v) is 11.5. The van der Waals surface area contributed by atoms with Crippen LogP contribution in [0, 0.1) is 0 Å². The summed E-state index contributed by atoms with van der Waals surface area (Å²) in [4.78, 5) is 17.3. The van der Waals surface area contributed by atoms with E-state index in [9.17, 15) is 4.79 Å². The molecule has 2 aromatic rings. The van der Waals surface area contributed by atoms with Crippen LogP contribution in [-0.2, 0) is 10.2 Å². The van der Waals surface area contributed by atoms with Gasteiger partial charge in [-0.2, -0.15) is 0 Å². The number of likely N-dealkylation sites (tertiary alicyclic amines) is 2. The number of amides is 1. The minimum atomic E-state index is -0.523. The molecule has 2 aromatic carbocycles. The Hall–Kier alpha value is -1.30. The van der Waals surface area contributed by atoms with Gasteiger partial charge >= 0.3 is 0 Å². The number of carbonyl (C=O) groups is 1. The van der Waals surface area contributed by atoms with E-state index in [1.54, 1.807) is 0 Å². The summed E-state index contributed by atoms with van der Waals surface area (Å²) in [5, 5.41) is 1.25. The molecule has 4 nitrogen and oxygen atoms in total. The summed E-state index contributed by atoms with van der Waals surface area (Å²) in [7, 11) is 0. The summed E-state index contributed by atoms with van der Waals surface area (Å²) < 4.78 is 0. The minimum absolute atomic E-state index is 0. The molecule has 1 atom stereocenters. The Labute approximate surface area is 201 Å². The zero-order chi connectivity index (χ0) is 21.1. The standard InChI is InChI=1S/C24H29Cl2N3O.ClH/c25-21-7-6-18(16-22(21)26)19-8-11-29(17-19)15-14-28-12-9-24(10-13-28,23(27)30)20-4-2-1-3-5-20;/h1-7,16,19H,8-15,17H2,(H2,27,30);1H. The maximum absolute atomic E-state index is 12.3. The van der Waals surface area contributed by atoms with Gasteiger partial charge in [-0.15, -0.1) is 12.4 Å². The number of primary amides is 1. The Balaban J connectivity index is 0.00000272. The number of piperidine rings is 1. The molecule has 1 amide bonds. The lowest BCUT2D eigenvalue weighted by Crippen LogP contribution is -2.51. The van der Waals surface area contributed by atoms with Crippen molar-refractivity contribution in [1.82, 2.24) is 9.80 Å². The van der Waals surface area contributed by atoms with E-state index < -0.39 is 5.41 Å². The molecular weight excluding hydrogens is 453 g/mol. The summed E-state index contributed by atoms with van der Waals surface area (Å²) in [6.45, 7) is 6.04. The molecule has 2 saturated heterocycles. The van der Waals surface area contributed by atoms with Gasteiger partial charge in [0.2, 0.25) is 5.91 Å². The molecule has 1 unspecified atom stereocenters. The van der Waals surface area contributed by atoms with Crippen LogP contribution < -0.4 is 5.73 Å². The molecule has 0 spiro atoms. The highest BCUT2D eigenvalue weighted by molar-refractivity contribution is 6.42. The van der Waals surface area contributed by atoms with Crippen molar-refractivity contribution in [1.29, 1.82) is 0 Å². The molecule has 31 heavy (non-hydrogen) atoms. The van der Waals surface area contributed by atoms with E-state index in [4.69, 9.17) is 28.9 Å². The molecule has 0 radical (unpaired) electrons. The Morgan fingerprint density at radius 1 is 0.968 bits per heavy atom. The van der Waals surface area contributed by atoms with E-state index >= 15 is 0 Å². The van der Waals surface area contributed by atoms with Crippen LogP contribution in [0.25, 0.3) is 0 Å². The van der Waals surface area contributed by atoms with Crippen LogP contribution in [0.2, 0.25) is 10.0 Å². The molecule has 7 heteroatoms. The van der Waals surface area contributed by atoms with E-state index in [1.807, 2.05) is 42.5 Å². The smallest absolute Gasteiger partial charge is 0.228 e. The fourth-order valence-corrected chi connectivity index (χ4v) is 5.26. The highest BCUT2D eigenvalue weighted by atomic mass is 35.5. The normalized spacial score (nSPS) is 21.5. The number of carbonyl (C=O) groups excluding carboxylic acids is 1. The maximum Gasteiger partial charge on any atom is 0.228 e. The topological polar surface area (TPSA) is 49.6 Å². The number of halogens is 3. The van der Waals surface area contributed by atoms with Crippen molar-refractivity contribution in [2.24, 2.45) is 5.73 Å². The van der Waals surface area contributed by atoms with Gasteiger partial charge in [-0.3, -0.25) is 4.79 Å². The summed E-state index contributed by atoms with van der Waals surface area (Å²) >= 11 is 12.2. The summed E-state index contributed by atoms with van der Waals surface area (Å²) in [5.41, 5.74) is 7.67. The molecular formula is C24H30Cl3N3O. The molecule has 0 aromatic heterocycles. The Morgan fingerprint density at radius 3 is 2.29 bits per heavy atom. The van der Waals surface area contributed by atoms with Crippen molar-refractivity contribution < 1.29 is 4.79 Å². The van der Waals surface area contributed by atoms with Crippen molar-refractivity contribution in [3.63, 3.8) is 0 Å². The molecule has 2 heterocycles. The van der Waals surface area contributed by atoms with E-state index in [0.717, 1.165) is 64.1 Å². The van der Waals surface area contributed by atoms with E-state index in [2.05, 4.69) is 15.9 Å². The predicted molar refractivity (Wildman–Crippen MR) is 130 cm³/mol. The molecule has 0 aliphatic carbocycles. The van der Waals surface area contributed by atoms with Crippen molar-refractivity contribution in [2.75, 3.05) is 39.3 Å². The van der Waals surface area contributed by atoms with Gasteiger partial charge < -0.3 is 15.5 Å². The van der Waals surface area contributed by atoms with Crippen LogP contribution in [0.4, 0.5) is 0 Å². The lowest BCUT2D eigenvalue weighted by Gasteiger charge is -2.40. The number of hydrogen-bond donors (Lipinski definition) is 1. The van der Waals surface area contributed by atoms with Crippen molar-refractivity contribution in [3.05, 3.63) is 69.7 Å². The van der Waals surface area contributed by atoms with Gasteiger partial charge in [0, 0.05) is 19.6 Å². The second-order valence-corrected chi connectivity index (χ2v) is 9.43. The highest BCUT2D eigenvalue weighted by Gasteiger charge is 2.41. The van der Waals surface area contributed by atoms with E-state index in [1.165, 1.54) is 5.56 Å². The average Bonchev–Trinajstić information content (AvgIpc) is 3.24. The molecule has 2 aliphatic rings. The lowest BCUT2D eigenvalue weighted by atomic mass is 9.72. The summed E-state index contributed by atoms with van der Waals surface area (Å²) in [5.74, 6) is 0.319. The summed E-state index contributed by atoms with van der Waals surface area (Å²) in [6, 6.07) is 16.0. The Kier molecular flexibility index (Phi) is 8.28. The fraction of sp³-hybridized carbons (Fsp3) is 0.458. The highest BCUT2D eigenvalue weighted by Crippen LogP contribution is 2.36. The molecule has 168 valence electrons. The summed E-state index contributed by atoms with van der Waals surface area (Å²) in [6.07, 6.45) is 2.73. The molecule has 2 fully saturated rings. The number of nitrogens with two attached hydrogens (primary N) is 1. The first-order valence-electron chi connectivity index (χ1n) is 10.7. The van der Waals surface area contributed by atoms with E-state index in [0.29, 0.717) is 16.0 Å². The van der Waals surface area contributed by atoms with Gasteiger partial charge in [-0.25, -0.2) is 0 Å². The van der Waals surface area contributed by atoms with Crippen LogP contribution in [0.15, 0.2) is 48.5 Å². The van der Waals surface area contributed by atoms with Gasteiger partial charge in [-0.1, -0.05) is 59.6 Å². The van der Waals surface area contributed by atoms with Crippen LogP contribution >= 0.6 is 35.6 Å². The van der Waals surface area contributed by atoms with Gasteiger partial charge in [0.05, 0.1) is 15.5 Å². The van der Waals surface area contributed by atoms with Crippen molar-refractivity contribution in [2.45, 2.75) is 30.6 Å². The van der Waals surface area contributed by atoms with Crippen molar-refractivity contribution in [3.8, 4) is 0 Å². The third-order valence-corrected chi connectivity index (χ3v) is 7.67. The first kappa shape index (κ1) is 24.3. The molecule has 2 aliphatic heterocycles. The number of nitrogens with zero attached hydrogens (tertiary/aromatic N) is 2. The van der Waals surface area contributed by atoms with Crippen LogP contribution in [-0.4, -0.2) is 55.0 Å². The average molecular weight is 483 g/mol. The Bertz CT molecular complexity index is 885. The van der Waals surface area contributed by atoms with Gasteiger partial charge in [0.25, 0.3) is 0 Å². The fourth-order valence-electron chi connectivity index (χ4n) is 4.95. The second kappa shape index (κ2) is 10.5. The first-order chi connectivity index (χ1) is 14.5. The third kappa shape index (κ3) is 5.37. The molecule has 0 saturated carbocycles. The van der Waals surface area contributed by atoms with Crippen LogP contribution in [0.1, 0.15) is 36.3 Å². The predicted octanol–water partition coefficient (Wildman–Crippen LogP) is 4.72. The monoisotopic (exact) mass is 481 g/mol. The minimum Gasteiger partial charge on any atom is -0.369 e. The van der Waals surface area contributed by atoms with Crippen LogP contribution in [0.3, 0.4) is 0 Å². The van der Waals surface area contributed by atoms with Gasteiger partial charge in [0.1, 0.15) is 0 Å². The number of rotatable bonds is 6. The quantitative estimate of drug-likeness (QED) is 0.648. The second-order valence-electron chi connectivity index (χ2n) is 8.61. The van der Waals surface area contributed by atoms with Crippen LogP contribution in [0.5, 0.6) is 0 Å². The largest absolute Gasteiger partial charge is 0.369 e. The lowest BCUT2D eigenvalue weighted by molar-refractivity contribution is -0.125. The SMILES string of the molecule is Cl.NC(=O)C1(c2ccccc2)CCN(CCN2CCC(c3ccc(Cl)c(Cl)c3)C2)CC1. The molecule has 0 bridgehead atoms. The zero-order valence-corrected chi connectivity index (χ0v) is 19.9. The number of benzene rings is 2. The third-order valence-electron chi connectivity index (χ3n) is 6.93. The molecule has 2 N–H and O–H groups in total. The molecule has 4 rings (SSSR count). The maximum atomic E-state index is 12.3. The van der Waals surface area contributed by atoms with Gasteiger partial charge in [0.15, 0.2) is 0 Å². The van der Waals surface area contributed by atoms with Crippen molar-refractivity contribution >= 4 is 41.5 Å². The number of hydrogen-bond acceptors (Lipinski definition) is 3.